The second-order valence-electron chi connectivity index (χ2n) is 5.79. The van der Waals surface area contributed by atoms with Crippen molar-refractivity contribution < 1.29 is 13.2 Å². The van der Waals surface area contributed by atoms with E-state index in [9.17, 15) is 13.2 Å². The molecule has 1 aromatic heterocycles. The molecule has 1 amide bonds. The lowest BCUT2D eigenvalue weighted by Gasteiger charge is -2.13. The number of sulfonamides is 1. The largest absolute Gasteiger partial charge is 0.309 e. The van der Waals surface area contributed by atoms with E-state index in [2.05, 4.69) is 5.10 Å². The molecule has 1 saturated heterocycles. The molecule has 1 aliphatic heterocycles. The summed E-state index contributed by atoms with van der Waals surface area (Å²) in [5.41, 5.74) is 1.80. The Bertz CT molecular complexity index is 801. The van der Waals surface area contributed by atoms with Gasteiger partial charge in [-0.3, -0.25) is 9.48 Å². The minimum absolute atomic E-state index is 0.0992. The summed E-state index contributed by atoms with van der Waals surface area (Å²) in [7, 11) is -3.57. The SMILES string of the molecule is NS(=O)(=O)CC1CC(=O)N(c2cnn(Cc3ccccc3)c2)C1. The van der Waals surface area contributed by atoms with Crippen molar-refractivity contribution in [3.05, 3.63) is 48.3 Å². The smallest absolute Gasteiger partial charge is 0.227 e. The fourth-order valence-electron chi connectivity index (χ4n) is 2.82. The minimum atomic E-state index is -3.57. The Morgan fingerprint density at radius 2 is 2.00 bits per heavy atom. The highest BCUT2D eigenvalue weighted by Crippen LogP contribution is 2.25. The maximum absolute atomic E-state index is 12.1. The molecule has 8 heteroatoms. The van der Waals surface area contributed by atoms with Crippen LogP contribution in [0.4, 0.5) is 5.69 Å². The lowest BCUT2D eigenvalue weighted by Crippen LogP contribution is -2.27. The monoisotopic (exact) mass is 334 g/mol. The van der Waals surface area contributed by atoms with Crippen LogP contribution in [0, 0.1) is 5.92 Å². The molecule has 0 bridgehead atoms. The zero-order chi connectivity index (χ0) is 16.4. The van der Waals surface area contributed by atoms with Crippen molar-refractivity contribution >= 4 is 21.6 Å². The van der Waals surface area contributed by atoms with Crippen LogP contribution in [0.1, 0.15) is 12.0 Å². The predicted octanol–water partition coefficient (Wildman–Crippen LogP) is 0.573. The third-order valence-corrected chi connectivity index (χ3v) is 4.73. The van der Waals surface area contributed by atoms with Gasteiger partial charge in [-0.15, -0.1) is 0 Å². The summed E-state index contributed by atoms with van der Waals surface area (Å²) in [4.78, 5) is 13.7. The van der Waals surface area contributed by atoms with E-state index >= 15 is 0 Å². The number of benzene rings is 1. The normalized spacial score (nSPS) is 18.6. The van der Waals surface area contributed by atoms with Gasteiger partial charge in [-0.2, -0.15) is 5.10 Å². The molecule has 1 aromatic carbocycles. The Hall–Kier alpha value is -2.19. The number of anilines is 1. The van der Waals surface area contributed by atoms with E-state index in [0.29, 0.717) is 18.8 Å². The lowest BCUT2D eigenvalue weighted by molar-refractivity contribution is -0.117. The van der Waals surface area contributed by atoms with E-state index in [0.717, 1.165) is 5.56 Å². The third-order valence-electron chi connectivity index (χ3n) is 3.79. The van der Waals surface area contributed by atoms with Crippen molar-refractivity contribution in [2.45, 2.75) is 13.0 Å². The summed E-state index contributed by atoms with van der Waals surface area (Å²) < 4.78 is 24.1. The van der Waals surface area contributed by atoms with Crippen LogP contribution in [0.25, 0.3) is 0 Å². The number of aromatic nitrogens is 2. The quantitative estimate of drug-likeness (QED) is 0.864. The van der Waals surface area contributed by atoms with Gasteiger partial charge in [0.15, 0.2) is 0 Å². The van der Waals surface area contributed by atoms with E-state index in [1.54, 1.807) is 22.0 Å². The van der Waals surface area contributed by atoms with Crippen molar-refractivity contribution in [2.24, 2.45) is 11.1 Å². The molecule has 7 nitrogen and oxygen atoms in total. The standard InChI is InChI=1S/C15H18N4O3S/c16-23(21,22)11-13-6-15(20)19(9-13)14-7-17-18(10-14)8-12-4-2-1-3-5-12/h1-5,7,10,13H,6,8-9,11H2,(H2,16,21,22). The Balaban J connectivity index is 1.69. The number of hydrogen-bond donors (Lipinski definition) is 1. The fourth-order valence-corrected chi connectivity index (χ4v) is 3.70. The molecular formula is C15H18N4O3S. The maximum Gasteiger partial charge on any atom is 0.227 e. The highest BCUT2D eigenvalue weighted by Gasteiger charge is 2.33. The average Bonchev–Trinajstić information content (AvgIpc) is 3.05. The summed E-state index contributed by atoms with van der Waals surface area (Å²) >= 11 is 0. The molecule has 2 heterocycles. The second-order valence-corrected chi connectivity index (χ2v) is 7.44. The van der Waals surface area contributed by atoms with E-state index < -0.39 is 10.0 Å². The number of amides is 1. The van der Waals surface area contributed by atoms with Gasteiger partial charge in [0.2, 0.25) is 15.9 Å². The van der Waals surface area contributed by atoms with E-state index in [1.807, 2.05) is 30.3 Å². The minimum Gasteiger partial charge on any atom is -0.309 e. The molecule has 1 unspecified atom stereocenters. The number of primary sulfonamides is 1. The molecule has 2 N–H and O–H groups in total. The van der Waals surface area contributed by atoms with Crippen molar-refractivity contribution in [1.29, 1.82) is 0 Å². The Labute approximate surface area is 134 Å². The fraction of sp³-hybridized carbons (Fsp3) is 0.333. The van der Waals surface area contributed by atoms with Gasteiger partial charge in [0.1, 0.15) is 0 Å². The van der Waals surface area contributed by atoms with Crippen LogP contribution in [-0.4, -0.2) is 36.4 Å². The van der Waals surface area contributed by atoms with Gasteiger partial charge in [-0.25, -0.2) is 13.6 Å². The van der Waals surface area contributed by atoms with Gasteiger partial charge in [-0.05, 0) is 5.56 Å². The molecule has 1 fully saturated rings. The van der Waals surface area contributed by atoms with E-state index in [4.69, 9.17) is 5.14 Å². The summed E-state index contributed by atoms with van der Waals surface area (Å²) in [6.45, 7) is 0.968. The van der Waals surface area contributed by atoms with Gasteiger partial charge >= 0.3 is 0 Å². The molecule has 23 heavy (non-hydrogen) atoms. The third kappa shape index (κ3) is 3.96. The van der Waals surface area contributed by atoms with Crippen molar-refractivity contribution in [3.63, 3.8) is 0 Å². The molecule has 0 aliphatic carbocycles. The number of nitrogens with two attached hydrogens (primary N) is 1. The first-order chi connectivity index (χ1) is 10.9. The number of carbonyl (C=O) groups is 1. The van der Waals surface area contributed by atoms with Crippen molar-refractivity contribution in [2.75, 3.05) is 17.2 Å². The van der Waals surface area contributed by atoms with Gasteiger partial charge in [0, 0.05) is 25.1 Å². The Morgan fingerprint density at radius 3 is 2.70 bits per heavy atom. The van der Waals surface area contributed by atoms with Crippen LogP contribution in [0.2, 0.25) is 0 Å². The number of nitrogens with zero attached hydrogens (tertiary/aromatic N) is 3. The van der Waals surface area contributed by atoms with Gasteiger partial charge in [0.05, 0.1) is 24.2 Å². The maximum atomic E-state index is 12.1. The van der Waals surface area contributed by atoms with Gasteiger partial charge in [0.25, 0.3) is 0 Å². The molecule has 0 spiro atoms. The van der Waals surface area contributed by atoms with Crippen molar-refractivity contribution in [3.8, 4) is 0 Å². The number of hydrogen-bond acceptors (Lipinski definition) is 4. The highest BCUT2D eigenvalue weighted by atomic mass is 32.2. The molecule has 122 valence electrons. The zero-order valence-corrected chi connectivity index (χ0v) is 13.3. The van der Waals surface area contributed by atoms with Crippen LogP contribution in [-0.2, 0) is 21.4 Å². The Morgan fingerprint density at radius 1 is 1.26 bits per heavy atom. The molecule has 1 atom stereocenters. The summed E-state index contributed by atoms with van der Waals surface area (Å²) in [5.74, 6) is -0.541. The van der Waals surface area contributed by atoms with Crippen molar-refractivity contribution in [1.82, 2.24) is 9.78 Å². The molecule has 2 aromatic rings. The van der Waals surface area contributed by atoms with Crippen LogP contribution in [0.5, 0.6) is 0 Å². The second kappa shape index (κ2) is 6.13. The van der Waals surface area contributed by atoms with Crippen LogP contribution in [0.3, 0.4) is 0 Å². The first kappa shape index (κ1) is 15.7. The zero-order valence-electron chi connectivity index (χ0n) is 12.5. The van der Waals surface area contributed by atoms with Crippen LogP contribution >= 0.6 is 0 Å². The van der Waals surface area contributed by atoms with Crippen LogP contribution < -0.4 is 10.0 Å². The van der Waals surface area contributed by atoms with Gasteiger partial charge < -0.3 is 4.90 Å². The first-order valence-corrected chi connectivity index (χ1v) is 8.99. The molecular weight excluding hydrogens is 316 g/mol. The highest BCUT2D eigenvalue weighted by molar-refractivity contribution is 7.89. The summed E-state index contributed by atoms with van der Waals surface area (Å²) in [5, 5.41) is 9.33. The molecule has 0 saturated carbocycles. The lowest BCUT2D eigenvalue weighted by atomic mass is 10.1. The van der Waals surface area contributed by atoms with E-state index in [1.165, 1.54) is 0 Å². The summed E-state index contributed by atoms with van der Waals surface area (Å²) in [6, 6.07) is 9.88. The molecule has 3 rings (SSSR count). The first-order valence-electron chi connectivity index (χ1n) is 7.28. The number of carbonyl (C=O) groups excluding carboxylic acids is 1. The topological polar surface area (TPSA) is 98.3 Å². The Kier molecular flexibility index (Phi) is 4.18. The average molecular weight is 334 g/mol. The summed E-state index contributed by atoms with van der Waals surface area (Å²) in [6.07, 6.45) is 3.62. The van der Waals surface area contributed by atoms with Gasteiger partial charge in [-0.1, -0.05) is 30.3 Å². The van der Waals surface area contributed by atoms with E-state index in [-0.39, 0.29) is 24.0 Å². The molecule has 1 aliphatic rings. The number of rotatable bonds is 5. The molecule has 0 radical (unpaired) electrons. The predicted molar refractivity (Wildman–Crippen MR) is 86.2 cm³/mol. The van der Waals surface area contributed by atoms with Crippen LogP contribution in [0.15, 0.2) is 42.7 Å².